The van der Waals surface area contributed by atoms with Crippen molar-refractivity contribution in [3.8, 4) is 0 Å². The monoisotopic (exact) mass is 192 g/mol. The highest BCUT2D eigenvalue weighted by Crippen LogP contribution is 2.15. The second kappa shape index (κ2) is 5.13. The lowest BCUT2D eigenvalue weighted by Crippen LogP contribution is -2.28. The van der Waals surface area contributed by atoms with Gasteiger partial charge in [0.25, 0.3) is 0 Å². The molecule has 0 spiro atoms. The van der Waals surface area contributed by atoms with Crippen molar-refractivity contribution in [2.45, 2.75) is 26.8 Å². The molecule has 3 N–H and O–H groups in total. The van der Waals surface area contributed by atoms with Gasteiger partial charge in [-0.25, -0.2) is 0 Å². The molecular weight excluding hydrogens is 172 g/mol. The molecule has 0 saturated heterocycles. The van der Waals surface area contributed by atoms with E-state index in [-0.39, 0.29) is 0 Å². The standard InChI is InChI=1S/C12H20N2/c1-4-14-12(8-13)11-6-9(2)5-10(3)7-11/h5-7,12,14H,4,8,13H2,1-3H3. The Hall–Kier alpha value is -0.860. The van der Waals surface area contributed by atoms with Crippen LogP contribution in [0.15, 0.2) is 18.2 Å². The van der Waals surface area contributed by atoms with Gasteiger partial charge in [-0.1, -0.05) is 36.2 Å². The molecule has 0 aliphatic heterocycles. The van der Waals surface area contributed by atoms with Crippen LogP contribution in [0.3, 0.4) is 0 Å². The van der Waals surface area contributed by atoms with Crippen LogP contribution in [0.1, 0.15) is 29.7 Å². The number of nitrogens with two attached hydrogens (primary N) is 1. The number of benzene rings is 1. The van der Waals surface area contributed by atoms with Gasteiger partial charge in [0.2, 0.25) is 0 Å². The fraction of sp³-hybridized carbons (Fsp3) is 0.500. The zero-order chi connectivity index (χ0) is 10.6. The zero-order valence-electron chi connectivity index (χ0n) is 9.30. The van der Waals surface area contributed by atoms with Gasteiger partial charge in [0.15, 0.2) is 0 Å². The molecule has 1 unspecified atom stereocenters. The predicted molar refractivity (Wildman–Crippen MR) is 61.4 cm³/mol. The third-order valence-corrected chi connectivity index (χ3v) is 2.33. The van der Waals surface area contributed by atoms with Crippen LogP contribution in [-0.4, -0.2) is 13.1 Å². The fourth-order valence-corrected chi connectivity index (χ4v) is 1.79. The quantitative estimate of drug-likeness (QED) is 0.765. The minimum Gasteiger partial charge on any atom is -0.329 e. The molecule has 2 heteroatoms. The van der Waals surface area contributed by atoms with Gasteiger partial charge in [-0.15, -0.1) is 0 Å². The number of aryl methyl sites for hydroxylation is 2. The van der Waals surface area contributed by atoms with Crippen LogP contribution in [0.4, 0.5) is 0 Å². The lowest BCUT2D eigenvalue weighted by molar-refractivity contribution is 0.561. The van der Waals surface area contributed by atoms with Gasteiger partial charge in [-0.2, -0.15) is 0 Å². The van der Waals surface area contributed by atoms with Crippen LogP contribution >= 0.6 is 0 Å². The number of likely N-dealkylation sites (N-methyl/N-ethyl adjacent to an activating group) is 1. The Morgan fingerprint density at radius 3 is 2.21 bits per heavy atom. The highest BCUT2D eigenvalue weighted by atomic mass is 14.9. The minimum atomic E-state index is 0.290. The Labute approximate surface area is 86.5 Å². The van der Waals surface area contributed by atoms with Gasteiger partial charge in [-0.3, -0.25) is 0 Å². The largest absolute Gasteiger partial charge is 0.329 e. The first-order chi connectivity index (χ1) is 6.67. The first-order valence-corrected chi connectivity index (χ1v) is 5.19. The summed E-state index contributed by atoms with van der Waals surface area (Å²) >= 11 is 0. The molecule has 0 aromatic heterocycles. The van der Waals surface area contributed by atoms with Crippen molar-refractivity contribution >= 4 is 0 Å². The highest BCUT2D eigenvalue weighted by molar-refractivity contribution is 5.30. The van der Waals surface area contributed by atoms with E-state index < -0.39 is 0 Å². The summed E-state index contributed by atoms with van der Waals surface area (Å²) in [7, 11) is 0. The summed E-state index contributed by atoms with van der Waals surface area (Å²) in [6.45, 7) is 7.95. The van der Waals surface area contributed by atoms with Gasteiger partial charge in [0.1, 0.15) is 0 Å². The summed E-state index contributed by atoms with van der Waals surface area (Å²) < 4.78 is 0. The molecule has 0 bridgehead atoms. The summed E-state index contributed by atoms with van der Waals surface area (Å²) in [5.41, 5.74) is 9.63. The van der Waals surface area contributed by atoms with E-state index in [4.69, 9.17) is 5.73 Å². The zero-order valence-corrected chi connectivity index (χ0v) is 9.30. The average molecular weight is 192 g/mol. The first-order valence-electron chi connectivity index (χ1n) is 5.19. The van der Waals surface area contributed by atoms with Crippen LogP contribution in [0, 0.1) is 13.8 Å². The topological polar surface area (TPSA) is 38.0 Å². The van der Waals surface area contributed by atoms with E-state index in [2.05, 4.69) is 44.3 Å². The fourth-order valence-electron chi connectivity index (χ4n) is 1.79. The Kier molecular flexibility index (Phi) is 4.11. The van der Waals surface area contributed by atoms with Crippen molar-refractivity contribution in [1.29, 1.82) is 0 Å². The maximum atomic E-state index is 5.73. The lowest BCUT2D eigenvalue weighted by Gasteiger charge is -2.17. The van der Waals surface area contributed by atoms with Crippen molar-refractivity contribution < 1.29 is 0 Å². The van der Waals surface area contributed by atoms with Crippen molar-refractivity contribution in [2.24, 2.45) is 5.73 Å². The van der Waals surface area contributed by atoms with Crippen molar-refractivity contribution in [3.05, 3.63) is 34.9 Å². The summed E-state index contributed by atoms with van der Waals surface area (Å²) in [5, 5.41) is 3.38. The molecule has 0 amide bonds. The maximum absolute atomic E-state index is 5.73. The van der Waals surface area contributed by atoms with Crippen molar-refractivity contribution in [2.75, 3.05) is 13.1 Å². The first kappa shape index (κ1) is 11.2. The van der Waals surface area contributed by atoms with E-state index in [9.17, 15) is 0 Å². The summed E-state index contributed by atoms with van der Waals surface area (Å²) in [6.07, 6.45) is 0. The van der Waals surface area contributed by atoms with E-state index in [1.807, 2.05) is 0 Å². The molecule has 1 atom stereocenters. The molecule has 0 saturated carbocycles. The van der Waals surface area contributed by atoms with E-state index in [0.29, 0.717) is 12.6 Å². The van der Waals surface area contributed by atoms with Crippen LogP contribution in [-0.2, 0) is 0 Å². The van der Waals surface area contributed by atoms with Gasteiger partial charge in [-0.05, 0) is 26.0 Å². The predicted octanol–water partition coefficient (Wildman–Crippen LogP) is 1.91. The van der Waals surface area contributed by atoms with Gasteiger partial charge in [0.05, 0.1) is 0 Å². The van der Waals surface area contributed by atoms with Gasteiger partial charge >= 0.3 is 0 Å². The van der Waals surface area contributed by atoms with Gasteiger partial charge in [0, 0.05) is 12.6 Å². The third-order valence-electron chi connectivity index (χ3n) is 2.33. The molecule has 0 aliphatic carbocycles. The van der Waals surface area contributed by atoms with Crippen LogP contribution in [0.5, 0.6) is 0 Å². The molecule has 0 heterocycles. The smallest absolute Gasteiger partial charge is 0.0444 e. The third kappa shape index (κ3) is 2.82. The molecule has 1 rings (SSSR count). The summed E-state index contributed by atoms with van der Waals surface area (Å²) in [6, 6.07) is 6.88. The normalized spacial score (nSPS) is 12.9. The highest BCUT2D eigenvalue weighted by Gasteiger charge is 2.08. The van der Waals surface area contributed by atoms with Crippen LogP contribution in [0.2, 0.25) is 0 Å². The molecule has 1 aromatic carbocycles. The number of nitrogens with one attached hydrogen (secondary N) is 1. The molecular formula is C12H20N2. The lowest BCUT2D eigenvalue weighted by atomic mass is 10.0. The minimum absolute atomic E-state index is 0.290. The second-order valence-corrected chi connectivity index (χ2v) is 3.77. The molecule has 0 fully saturated rings. The van der Waals surface area contributed by atoms with E-state index in [0.717, 1.165) is 6.54 Å². The van der Waals surface area contributed by atoms with E-state index in [1.165, 1.54) is 16.7 Å². The average Bonchev–Trinajstić information content (AvgIpc) is 2.12. The van der Waals surface area contributed by atoms with Crippen molar-refractivity contribution in [1.82, 2.24) is 5.32 Å². The number of rotatable bonds is 4. The molecule has 1 aromatic rings. The Balaban J connectivity index is 2.91. The number of hydrogen-bond donors (Lipinski definition) is 2. The molecule has 14 heavy (non-hydrogen) atoms. The van der Waals surface area contributed by atoms with Gasteiger partial charge < -0.3 is 11.1 Å². The van der Waals surface area contributed by atoms with Crippen LogP contribution < -0.4 is 11.1 Å². The number of hydrogen-bond acceptors (Lipinski definition) is 2. The Morgan fingerprint density at radius 2 is 1.79 bits per heavy atom. The Morgan fingerprint density at radius 1 is 1.21 bits per heavy atom. The van der Waals surface area contributed by atoms with E-state index >= 15 is 0 Å². The maximum Gasteiger partial charge on any atom is 0.0444 e. The van der Waals surface area contributed by atoms with Crippen LogP contribution in [0.25, 0.3) is 0 Å². The molecule has 0 aliphatic rings. The van der Waals surface area contributed by atoms with Crippen molar-refractivity contribution in [3.63, 3.8) is 0 Å². The summed E-state index contributed by atoms with van der Waals surface area (Å²) in [4.78, 5) is 0. The molecule has 2 nitrogen and oxygen atoms in total. The molecule has 78 valence electrons. The SMILES string of the molecule is CCNC(CN)c1cc(C)cc(C)c1. The second-order valence-electron chi connectivity index (χ2n) is 3.77. The summed E-state index contributed by atoms with van der Waals surface area (Å²) in [5.74, 6) is 0. The van der Waals surface area contributed by atoms with E-state index in [1.54, 1.807) is 0 Å². The Bertz CT molecular complexity index is 274. The molecule has 0 radical (unpaired) electrons.